The predicted octanol–water partition coefficient (Wildman–Crippen LogP) is 3.40. The van der Waals surface area contributed by atoms with Gasteiger partial charge in [0.25, 0.3) is 5.91 Å². The molecule has 12 heteroatoms. The summed E-state index contributed by atoms with van der Waals surface area (Å²) in [5.74, 6) is -0.646. The first-order chi connectivity index (χ1) is 17.4. The van der Waals surface area contributed by atoms with Gasteiger partial charge in [-0.25, -0.2) is 9.69 Å². The Hall–Kier alpha value is -1.99. The summed E-state index contributed by atoms with van der Waals surface area (Å²) in [5, 5.41) is 8.69. The third-order valence-electron chi connectivity index (χ3n) is 5.83. The van der Waals surface area contributed by atoms with E-state index in [0.717, 1.165) is 4.90 Å². The van der Waals surface area contributed by atoms with Crippen LogP contribution >= 0.6 is 15.9 Å². The van der Waals surface area contributed by atoms with Crippen LogP contribution in [0.1, 0.15) is 58.7 Å². The first-order valence-electron chi connectivity index (χ1n) is 12.2. The molecular weight excluding hydrogens is 554 g/mol. The molecule has 0 radical (unpaired) electrons. The summed E-state index contributed by atoms with van der Waals surface area (Å²) in [6.07, 6.45) is -2.20. The highest BCUT2D eigenvalue weighted by Gasteiger charge is 2.54. The van der Waals surface area contributed by atoms with Crippen molar-refractivity contribution in [2.24, 2.45) is 5.92 Å². The maximum atomic E-state index is 13.6. The molecule has 2 amide bonds. The van der Waals surface area contributed by atoms with Crippen molar-refractivity contribution < 1.29 is 47.6 Å². The van der Waals surface area contributed by atoms with Gasteiger partial charge in [0.15, 0.2) is 12.2 Å². The molecule has 0 spiro atoms. The summed E-state index contributed by atoms with van der Waals surface area (Å²) in [7, 11) is 1.30. The molecule has 1 saturated heterocycles. The highest BCUT2D eigenvalue weighted by atomic mass is 79.9. The Morgan fingerprint density at radius 3 is 2.41 bits per heavy atom. The molecule has 210 valence electrons. The predicted molar refractivity (Wildman–Crippen MR) is 135 cm³/mol. The number of aryl methyl sites for hydroxylation is 1. The van der Waals surface area contributed by atoms with Crippen LogP contribution < -0.4 is 0 Å². The number of carbonyl (C=O) groups is 3. The van der Waals surface area contributed by atoms with E-state index in [9.17, 15) is 14.4 Å². The number of aliphatic hydroxyl groups is 1. The Kier molecular flexibility index (Phi) is 12.0. The molecule has 0 aliphatic carbocycles. The Morgan fingerprint density at radius 1 is 1.19 bits per heavy atom. The molecule has 1 aliphatic heterocycles. The van der Waals surface area contributed by atoms with Crippen molar-refractivity contribution in [3.63, 3.8) is 0 Å². The number of ether oxygens (including phenoxy) is 5. The summed E-state index contributed by atoms with van der Waals surface area (Å²) >= 11 is 3.46. The molecule has 11 nitrogen and oxygen atoms in total. The third kappa shape index (κ3) is 8.25. The van der Waals surface area contributed by atoms with Crippen molar-refractivity contribution in [2.45, 2.75) is 71.3 Å². The number of cyclic esters (lactones) is 1. The molecule has 1 fully saturated rings. The molecular formula is C25H38BrNO10. The Bertz CT molecular complexity index is 915. The first-order valence-corrected chi connectivity index (χ1v) is 13.0. The molecule has 2 rings (SSSR count). The van der Waals surface area contributed by atoms with Crippen LogP contribution in [-0.2, 0) is 39.7 Å². The van der Waals surface area contributed by atoms with E-state index in [4.69, 9.17) is 33.2 Å². The van der Waals surface area contributed by atoms with Crippen molar-refractivity contribution in [2.75, 3.05) is 40.1 Å². The summed E-state index contributed by atoms with van der Waals surface area (Å²) < 4.78 is 33.7. The number of esters is 1. The van der Waals surface area contributed by atoms with Crippen molar-refractivity contribution in [3.05, 3.63) is 22.1 Å². The molecule has 1 aromatic rings. The van der Waals surface area contributed by atoms with Crippen LogP contribution in [0.25, 0.3) is 0 Å². The second-order valence-corrected chi connectivity index (χ2v) is 10.4. The molecule has 37 heavy (non-hydrogen) atoms. The topological polar surface area (TPSA) is 134 Å². The number of rotatable bonds is 15. The third-order valence-corrected chi connectivity index (χ3v) is 6.50. The van der Waals surface area contributed by atoms with Crippen LogP contribution in [0.3, 0.4) is 0 Å². The SMILES string of the molecule is CO[C@H](C(=O)N1C(=O)OC(C)(C)[C@@H]1C(C)C)[C@H](OC(C)=O)c1cc(Br)c(CCCOCCOCCO)o1. The van der Waals surface area contributed by atoms with Crippen LogP contribution in [0.5, 0.6) is 0 Å². The minimum Gasteiger partial charge on any atom is -0.461 e. The number of imide groups is 1. The van der Waals surface area contributed by atoms with Crippen molar-refractivity contribution in [1.82, 2.24) is 4.90 Å². The zero-order chi connectivity index (χ0) is 27.8. The van der Waals surface area contributed by atoms with E-state index < -0.39 is 41.8 Å². The van der Waals surface area contributed by atoms with Gasteiger partial charge < -0.3 is 33.2 Å². The van der Waals surface area contributed by atoms with Gasteiger partial charge in [-0.15, -0.1) is 0 Å². The molecule has 2 heterocycles. The fourth-order valence-electron chi connectivity index (χ4n) is 4.48. The Balaban J connectivity index is 2.18. The van der Waals surface area contributed by atoms with Gasteiger partial charge in [-0.3, -0.25) is 9.59 Å². The molecule has 0 unspecified atom stereocenters. The van der Waals surface area contributed by atoms with Crippen LogP contribution in [0.4, 0.5) is 4.79 Å². The van der Waals surface area contributed by atoms with E-state index in [-0.39, 0.29) is 24.9 Å². The number of aliphatic hydroxyl groups excluding tert-OH is 1. The monoisotopic (exact) mass is 591 g/mol. The molecule has 1 aromatic heterocycles. The number of amides is 2. The maximum absolute atomic E-state index is 13.6. The molecule has 1 N–H and O–H groups in total. The van der Waals surface area contributed by atoms with E-state index in [1.807, 2.05) is 13.8 Å². The zero-order valence-corrected chi connectivity index (χ0v) is 23.9. The Morgan fingerprint density at radius 2 is 1.84 bits per heavy atom. The average molecular weight is 592 g/mol. The molecule has 1 aliphatic rings. The lowest BCUT2D eigenvalue weighted by molar-refractivity contribution is -0.165. The first kappa shape index (κ1) is 31.2. The fraction of sp³-hybridized carbons (Fsp3) is 0.720. The largest absolute Gasteiger partial charge is 0.461 e. The van der Waals surface area contributed by atoms with Crippen LogP contribution in [0.2, 0.25) is 0 Å². The van der Waals surface area contributed by atoms with Crippen LogP contribution in [0, 0.1) is 5.92 Å². The second kappa shape index (κ2) is 14.2. The lowest BCUT2D eigenvalue weighted by atomic mass is 9.88. The van der Waals surface area contributed by atoms with Gasteiger partial charge in [0, 0.05) is 27.1 Å². The van der Waals surface area contributed by atoms with E-state index >= 15 is 0 Å². The number of carbonyl (C=O) groups excluding carboxylic acids is 3. The van der Waals surface area contributed by atoms with Crippen LogP contribution in [0.15, 0.2) is 15.0 Å². The van der Waals surface area contributed by atoms with E-state index in [2.05, 4.69) is 15.9 Å². The summed E-state index contributed by atoms with van der Waals surface area (Å²) in [6, 6.07) is 1.08. The number of furan rings is 1. The molecule has 0 bridgehead atoms. The quantitative estimate of drug-likeness (QED) is 0.239. The van der Waals surface area contributed by atoms with E-state index in [1.54, 1.807) is 19.9 Å². The van der Waals surface area contributed by atoms with Gasteiger partial charge >= 0.3 is 12.1 Å². The summed E-state index contributed by atoms with van der Waals surface area (Å²) in [6.45, 7) is 9.99. The van der Waals surface area contributed by atoms with Gasteiger partial charge in [-0.1, -0.05) is 13.8 Å². The normalized spacial score (nSPS) is 18.7. The van der Waals surface area contributed by atoms with Crippen molar-refractivity contribution >= 4 is 33.9 Å². The van der Waals surface area contributed by atoms with Gasteiger partial charge in [0.05, 0.1) is 36.9 Å². The molecule has 0 saturated carbocycles. The molecule has 3 atom stereocenters. The summed E-state index contributed by atoms with van der Waals surface area (Å²) in [5.41, 5.74) is -0.899. The number of methoxy groups -OCH3 is 1. The number of halogens is 1. The highest BCUT2D eigenvalue weighted by molar-refractivity contribution is 9.10. The minimum absolute atomic E-state index is 0.0306. The number of nitrogens with zero attached hydrogens (tertiary/aromatic N) is 1. The van der Waals surface area contributed by atoms with Crippen molar-refractivity contribution in [1.29, 1.82) is 0 Å². The van der Waals surface area contributed by atoms with E-state index in [0.29, 0.717) is 42.9 Å². The molecule has 0 aromatic carbocycles. The average Bonchev–Trinajstić information content (AvgIpc) is 3.29. The fourth-order valence-corrected chi connectivity index (χ4v) is 4.99. The highest BCUT2D eigenvalue weighted by Crippen LogP contribution is 2.37. The lowest BCUT2D eigenvalue weighted by Gasteiger charge is -2.33. The van der Waals surface area contributed by atoms with E-state index in [1.165, 1.54) is 14.0 Å². The van der Waals surface area contributed by atoms with Crippen LogP contribution in [-0.4, -0.2) is 85.9 Å². The zero-order valence-electron chi connectivity index (χ0n) is 22.3. The summed E-state index contributed by atoms with van der Waals surface area (Å²) in [4.78, 5) is 39.4. The van der Waals surface area contributed by atoms with Gasteiger partial charge in [-0.2, -0.15) is 0 Å². The minimum atomic E-state index is -1.35. The second-order valence-electron chi connectivity index (χ2n) is 9.53. The van der Waals surface area contributed by atoms with Gasteiger partial charge in [0.2, 0.25) is 0 Å². The Labute approximate surface area is 225 Å². The lowest BCUT2D eigenvalue weighted by Crippen LogP contribution is -2.52. The van der Waals surface area contributed by atoms with Gasteiger partial charge in [0.1, 0.15) is 17.1 Å². The van der Waals surface area contributed by atoms with Gasteiger partial charge in [-0.05, 0) is 48.2 Å². The van der Waals surface area contributed by atoms with Crippen molar-refractivity contribution in [3.8, 4) is 0 Å². The maximum Gasteiger partial charge on any atom is 0.417 e. The number of hydrogen-bond acceptors (Lipinski definition) is 10. The smallest absolute Gasteiger partial charge is 0.417 e. The standard InChI is InChI=1S/C25H38BrNO10/c1-15(2)22-25(4,5)37-24(31)27(22)23(30)21(32-6)20(35-16(3)29)19-14-17(26)18(36-19)8-7-10-33-12-13-34-11-9-28/h14-15,20-22,28H,7-13H2,1-6H3/t20-,21+,22+/m1/s1. The number of hydrogen-bond donors (Lipinski definition) is 1.